The first-order chi connectivity index (χ1) is 12.0. The number of carbonyl (C=O) groups is 1. The zero-order chi connectivity index (χ0) is 20.0. The highest BCUT2D eigenvalue weighted by atomic mass is 32.2. The molecule has 150 valence electrons. The molecule has 0 bridgehead atoms. The van der Waals surface area contributed by atoms with Gasteiger partial charge < -0.3 is 16.8 Å². The van der Waals surface area contributed by atoms with Gasteiger partial charge in [-0.05, 0) is 31.4 Å². The van der Waals surface area contributed by atoms with Gasteiger partial charge in [0.05, 0.1) is 10.9 Å². The van der Waals surface area contributed by atoms with E-state index in [4.69, 9.17) is 16.0 Å². The van der Waals surface area contributed by atoms with Crippen LogP contribution in [0.2, 0.25) is 0 Å². The van der Waals surface area contributed by atoms with Crippen LogP contribution in [-0.2, 0) is 25.0 Å². The van der Waals surface area contributed by atoms with Gasteiger partial charge in [0.2, 0.25) is 5.91 Å². The van der Waals surface area contributed by atoms with Crippen LogP contribution in [0.4, 0.5) is 0 Å². The van der Waals surface area contributed by atoms with Gasteiger partial charge in [-0.25, -0.2) is 0 Å². The van der Waals surface area contributed by atoms with E-state index >= 15 is 0 Å². The Bertz CT molecular complexity index is 772. The lowest BCUT2D eigenvalue weighted by atomic mass is 10.0. The van der Waals surface area contributed by atoms with E-state index in [1.54, 1.807) is 0 Å². The van der Waals surface area contributed by atoms with E-state index in [2.05, 4.69) is 5.32 Å². The summed E-state index contributed by atoms with van der Waals surface area (Å²) in [5.41, 5.74) is 11.3. The number of carbonyl (C=O) groups excluding carboxylic acids is 1. The minimum Gasteiger partial charge on any atom is -0.354 e. The monoisotopic (exact) mass is 411 g/mol. The van der Waals surface area contributed by atoms with Gasteiger partial charge in [0, 0.05) is 13.0 Å². The standard InChI is InChI=1S/C14H25N3O7S2/c15-7-2-1-3-12(16)14(18)17-8-6-10-4-5-11(25(19,20)21)9-13(10)26(22,23)24/h4-5,11-12H,1-3,6-9,15-16H2,(H,17,18)(H,19,20,21)(H,22,23,24). The largest absolute Gasteiger partial charge is 0.354 e. The van der Waals surface area contributed by atoms with E-state index < -0.39 is 48.8 Å². The summed E-state index contributed by atoms with van der Waals surface area (Å²) < 4.78 is 63.7. The fourth-order valence-corrected chi connectivity index (χ4v) is 4.14. The molecule has 0 aromatic heterocycles. The second-order valence-electron chi connectivity index (χ2n) is 5.97. The van der Waals surface area contributed by atoms with E-state index in [-0.39, 0.29) is 18.5 Å². The van der Waals surface area contributed by atoms with E-state index in [1.807, 2.05) is 0 Å². The third-order valence-corrected chi connectivity index (χ3v) is 6.09. The van der Waals surface area contributed by atoms with Gasteiger partial charge in [-0.1, -0.05) is 18.6 Å². The van der Waals surface area contributed by atoms with Crippen LogP contribution in [-0.4, -0.2) is 56.2 Å². The molecule has 7 N–H and O–H groups in total. The van der Waals surface area contributed by atoms with Crippen LogP contribution in [0.5, 0.6) is 0 Å². The molecule has 1 aliphatic carbocycles. The van der Waals surface area contributed by atoms with Crippen molar-refractivity contribution in [3.63, 3.8) is 0 Å². The lowest BCUT2D eigenvalue weighted by molar-refractivity contribution is -0.122. The SMILES string of the molecule is NCCCCC(N)C(=O)NCCC1=C(S(=O)(=O)O)CC(S(=O)(=O)O)C=C1. The Morgan fingerprint density at radius 3 is 2.46 bits per heavy atom. The first-order valence-electron chi connectivity index (χ1n) is 8.04. The molecule has 26 heavy (non-hydrogen) atoms. The molecule has 1 amide bonds. The number of rotatable bonds is 10. The minimum atomic E-state index is -4.65. The first kappa shape index (κ1) is 22.7. The predicted octanol–water partition coefficient (Wildman–Crippen LogP) is -0.693. The van der Waals surface area contributed by atoms with Gasteiger partial charge in [0.15, 0.2) is 0 Å². The van der Waals surface area contributed by atoms with Crippen LogP contribution < -0.4 is 16.8 Å². The minimum absolute atomic E-state index is 0.0467. The molecule has 0 aromatic carbocycles. The lowest BCUT2D eigenvalue weighted by Crippen LogP contribution is -2.41. The second kappa shape index (κ2) is 9.58. The Labute approximate surface area is 153 Å². The quantitative estimate of drug-likeness (QED) is 0.229. The lowest BCUT2D eigenvalue weighted by Gasteiger charge is -2.19. The number of hydrogen-bond acceptors (Lipinski definition) is 7. The van der Waals surface area contributed by atoms with Crippen LogP contribution >= 0.6 is 0 Å². The molecule has 2 unspecified atom stereocenters. The molecule has 0 radical (unpaired) electrons. The van der Waals surface area contributed by atoms with Crippen molar-refractivity contribution in [2.24, 2.45) is 11.5 Å². The van der Waals surface area contributed by atoms with Gasteiger partial charge in [0.1, 0.15) is 5.25 Å². The average molecular weight is 412 g/mol. The van der Waals surface area contributed by atoms with Crippen molar-refractivity contribution in [1.29, 1.82) is 0 Å². The summed E-state index contributed by atoms with van der Waals surface area (Å²) in [6.45, 7) is 0.566. The third kappa shape index (κ3) is 7.13. The number of nitrogens with one attached hydrogen (secondary N) is 1. The fourth-order valence-electron chi connectivity index (χ4n) is 2.49. The van der Waals surface area contributed by atoms with Crippen LogP contribution in [0, 0.1) is 0 Å². The number of allylic oxidation sites excluding steroid dienone is 2. The molecule has 2 atom stereocenters. The number of nitrogens with two attached hydrogens (primary N) is 2. The van der Waals surface area contributed by atoms with Crippen molar-refractivity contribution in [3.8, 4) is 0 Å². The van der Waals surface area contributed by atoms with Gasteiger partial charge in [-0.3, -0.25) is 13.9 Å². The van der Waals surface area contributed by atoms with Crippen molar-refractivity contribution in [3.05, 3.63) is 22.6 Å². The fraction of sp³-hybridized carbons (Fsp3) is 0.643. The van der Waals surface area contributed by atoms with Crippen molar-refractivity contribution < 1.29 is 30.7 Å². The van der Waals surface area contributed by atoms with E-state index in [0.717, 1.165) is 12.5 Å². The molecule has 1 rings (SSSR count). The van der Waals surface area contributed by atoms with E-state index in [1.165, 1.54) is 6.08 Å². The molecule has 0 spiro atoms. The number of hydrogen-bond donors (Lipinski definition) is 5. The molecule has 0 aliphatic heterocycles. The summed E-state index contributed by atoms with van der Waals surface area (Å²) in [5, 5.41) is 1.11. The van der Waals surface area contributed by atoms with Crippen LogP contribution in [0.25, 0.3) is 0 Å². The topological polar surface area (TPSA) is 190 Å². The van der Waals surface area contributed by atoms with Crippen LogP contribution in [0.3, 0.4) is 0 Å². The molecule has 10 nitrogen and oxygen atoms in total. The zero-order valence-corrected chi connectivity index (χ0v) is 15.8. The molecular formula is C14H25N3O7S2. The molecule has 0 saturated carbocycles. The smallest absolute Gasteiger partial charge is 0.290 e. The van der Waals surface area contributed by atoms with Crippen molar-refractivity contribution >= 4 is 26.1 Å². The molecule has 0 fully saturated rings. The number of amides is 1. The summed E-state index contributed by atoms with van der Waals surface area (Å²) in [4.78, 5) is 11.4. The van der Waals surface area contributed by atoms with Crippen molar-refractivity contribution in [2.45, 2.75) is 43.4 Å². The van der Waals surface area contributed by atoms with Gasteiger partial charge >= 0.3 is 0 Å². The van der Waals surface area contributed by atoms with Crippen LogP contribution in [0.1, 0.15) is 32.1 Å². The third-order valence-electron chi connectivity index (χ3n) is 3.95. The van der Waals surface area contributed by atoms with Crippen LogP contribution in [0.15, 0.2) is 22.6 Å². The van der Waals surface area contributed by atoms with Gasteiger partial charge in [-0.15, -0.1) is 0 Å². The highest BCUT2D eigenvalue weighted by Crippen LogP contribution is 2.28. The molecule has 12 heteroatoms. The maximum absolute atomic E-state index is 11.9. The summed E-state index contributed by atoms with van der Waals surface area (Å²) in [6, 6.07) is -0.706. The zero-order valence-electron chi connectivity index (χ0n) is 14.2. The normalized spacial score (nSPS) is 19.5. The Morgan fingerprint density at radius 2 is 1.92 bits per heavy atom. The Kier molecular flexibility index (Phi) is 8.37. The average Bonchev–Trinajstić information content (AvgIpc) is 2.53. The maximum Gasteiger partial charge on any atom is 0.290 e. The molecule has 0 saturated heterocycles. The Balaban J connectivity index is 2.71. The summed E-state index contributed by atoms with van der Waals surface area (Å²) >= 11 is 0. The first-order valence-corrected chi connectivity index (χ1v) is 11.0. The highest BCUT2D eigenvalue weighted by molar-refractivity contribution is 7.90. The van der Waals surface area contributed by atoms with Gasteiger partial charge in [0.25, 0.3) is 20.2 Å². The van der Waals surface area contributed by atoms with Crippen molar-refractivity contribution in [1.82, 2.24) is 5.32 Å². The predicted molar refractivity (Wildman–Crippen MR) is 96.2 cm³/mol. The molecule has 0 aromatic rings. The molecule has 0 heterocycles. The number of unbranched alkanes of at least 4 members (excludes halogenated alkanes) is 1. The van der Waals surface area contributed by atoms with E-state index in [9.17, 15) is 26.2 Å². The molecular weight excluding hydrogens is 386 g/mol. The maximum atomic E-state index is 11.9. The highest BCUT2D eigenvalue weighted by Gasteiger charge is 2.31. The summed E-state index contributed by atoms with van der Waals surface area (Å²) in [7, 11) is -9.14. The summed E-state index contributed by atoms with van der Waals surface area (Å²) in [6.07, 6.45) is 3.76. The van der Waals surface area contributed by atoms with Gasteiger partial charge in [-0.2, -0.15) is 16.8 Å². The molecule has 1 aliphatic rings. The summed E-state index contributed by atoms with van der Waals surface area (Å²) in [5.74, 6) is -0.397. The Hall–Kier alpha value is -1.31. The van der Waals surface area contributed by atoms with E-state index in [0.29, 0.717) is 19.4 Å². The van der Waals surface area contributed by atoms with Crippen molar-refractivity contribution in [2.75, 3.05) is 13.1 Å². The second-order valence-corrected chi connectivity index (χ2v) is 9.05. The Morgan fingerprint density at radius 1 is 1.27 bits per heavy atom.